The van der Waals surface area contributed by atoms with Crippen LogP contribution in [-0.4, -0.2) is 12.3 Å². The Hall–Kier alpha value is -2.64. The van der Waals surface area contributed by atoms with Crippen LogP contribution in [0.3, 0.4) is 0 Å². The van der Waals surface area contributed by atoms with E-state index in [1.807, 2.05) is 5.32 Å². The number of anilines is 1. The molecule has 0 aliphatic rings. The minimum atomic E-state index is -4.97. The maximum Gasteiger partial charge on any atom is 0.573 e. The highest BCUT2D eigenvalue weighted by Crippen LogP contribution is 2.30. The lowest BCUT2D eigenvalue weighted by Gasteiger charge is -2.14. The third-order valence-electron chi connectivity index (χ3n) is 2.55. The van der Waals surface area contributed by atoms with Crippen molar-refractivity contribution in [2.45, 2.75) is 6.36 Å². The van der Waals surface area contributed by atoms with Gasteiger partial charge in [-0.3, -0.25) is 4.79 Å². The van der Waals surface area contributed by atoms with Crippen LogP contribution >= 0.6 is 0 Å². The molecular weight excluding hydrogens is 309 g/mol. The fourth-order valence-corrected chi connectivity index (χ4v) is 1.68. The zero-order valence-electron chi connectivity index (χ0n) is 10.7. The minimum absolute atomic E-state index is 0.368. The quantitative estimate of drug-likeness (QED) is 0.865. The molecule has 0 saturated carbocycles. The van der Waals surface area contributed by atoms with E-state index in [0.717, 1.165) is 30.3 Å². The zero-order chi connectivity index (χ0) is 16.3. The molecule has 116 valence electrons. The average molecular weight is 317 g/mol. The van der Waals surface area contributed by atoms with Gasteiger partial charge >= 0.3 is 6.36 Å². The first-order chi connectivity index (χ1) is 10.3. The molecule has 0 radical (unpaired) electrons. The molecule has 22 heavy (non-hydrogen) atoms. The van der Waals surface area contributed by atoms with E-state index in [9.17, 15) is 26.7 Å². The lowest BCUT2D eigenvalue weighted by atomic mass is 10.1. The van der Waals surface area contributed by atoms with Crippen molar-refractivity contribution >= 4 is 11.6 Å². The minimum Gasteiger partial charge on any atom is -0.404 e. The van der Waals surface area contributed by atoms with E-state index in [2.05, 4.69) is 4.74 Å². The van der Waals surface area contributed by atoms with Crippen LogP contribution in [0.5, 0.6) is 5.75 Å². The van der Waals surface area contributed by atoms with Crippen LogP contribution in [0.1, 0.15) is 10.4 Å². The molecule has 0 unspecified atom stereocenters. The molecule has 8 heteroatoms. The van der Waals surface area contributed by atoms with Crippen LogP contribution in [0, 0.1) is 11.6 Å². The molecule has 3 nitrogen and oxygen atoms in total. The van der Waals surface area contributed by atoms with Crippen LogP contribution in [0.15, 0.2) is 42.5 Å². The van der Waals surface area contributed by atoms with Crippen molar-refractivity contribution in [2.24, 2.45) is 0 Å². The molecule has 0 spiro atoms. The lowest BCUT2D eigenvalue weighted by molar-refractivity contribution is -0.274. The summed E-state index contributed by atoms with van der Waals surface area (Å²) in [6, 6.07) is 7.42. The second-order valence-electron chi connectivity index (χ2n) is 4.09. The molecule has 2 rings (SSSR count). The number of benzene rings is 2. The standard InChI is InChI=1S/C14H8F5NO2/c15-8-4-3-5-9(16)12(8)13(21)20-10-6-1-2-7-11(10)22-14(17,18)19/h1-7H,(H,20,21). The number of amides is 1. The molecular formula is C14H8F5NO2. The van der Waals surface area contributed by atoms with Crippen molar-refractivity contribution in [2.75, 3.05) is 5.32 Å². The maximum absolute atomic E-state index is 13.5. The lowest BCUT2D eigenvalue weighted by Crippen LogP contribution is -2.20. The summed E-state index contributed by atoms with van der Waals surface area (Å²) in [5, 5.41) is 1.99. The SMILES string of the molecule is O=C(Nc1ccccc1OC(F)(F)F)c1c(F)cccc1F. The Morgan fingerprint density at radius 3 is 2.14 bits per heavy atom. The van der Waals surface area contributed by atoms with Gasteiger partial charge in [-0.2, -0.15) is 0 Å². The number of rotatable bonds is 3. The number of hydrogen-bond donors (Lipinski definition) is 1. The number of alkyl halides is 3. The molecule has 0 aromatic heterocycles. The highest BCUT2D eigenvalue weighted by molar-refractivity contribution is 6.05. The normalized spacial score (nSPS) is 11.1. The van der Waals surface area contributed by atoms with Crippen molar-refractivity contribution in [3.05, 3.63) is 59.7 Å². The monoisotopic (exact) mass is 317 g/mol. The maximum atomic E-state index is 13.5. The van der Waals surface area contributed by atoms with Gasteiger partial charge in [-0.25, -0.2) is 8.78 Å². The van der Waals surface area contributed by atoms with E-state index < -0.39 is 35.2 Å². The van der Waals surface area contributed by atoms with Crippen molar-refractivity contribution in [3.63, 3.8) is 0 Å². The summed E-state index contributed by atoms with van der Waals surface area (Å²) in [5.41, 5.74) is -1.27. The molecule has 2 aromatic rings. The Morgan fingerprint density at radius 2 is 1.55 bits per heavy atom. The van der Waals surface area contributed by atoms with Crippen molar-refractivity contribution < 1.29 is 31.5 Å². The average Bonchev–Trinajstić information content (AvgIpc) is 2.39. The van der Waals surface area contributed by atoms with Crippen molar-refractivity contribution in [3.8, 4) is 5.75 Å². The van der Waals surface area contributed by atoms with Gasteiger partial charge in [-0.1, -0.05) is 18.2 Å². The predicted molar refractivity (Wildman–Crippen MR) is 67.4 cm³/mol. The molecule has 0 saturated heterocycles. The first-order valence-electron chi connectivity index (χ1n) is 5.88. The van der Waals surface area contributed by atoms with E-state index in [4.69, 9.17) is 0 Å². The summed E-state index contributed by atoms with van der Waals surface area (Å²) >= 11 is 0. The third-order valence-corrected chi connectivity index (χ3v) is 2.55. The third kappa shape index (κ3) is 3.72. The summed E-state index contributed by atoms with van der Waals surface area (Å²) in [5.74, 6) is -4.19. The fraction of sp³-hybridized carbons (Fsp3) is 0.0714. The van der Waals surface area contributed by atoms with E-state index in [1.54, 1.807) is 0 Å². The van der Waals surface area contributed by atoms with E-state index in [0.29, 0.717) is 0 Å². The molecule has 0 bridgehead atoms. The Kier molecular flexibility index (Phi) is 4.30. The summed E-state index contributed by atoms with van der Waals surface area (Å²) in [6.45, 7) is 0. The smallest absolute Gasteiger partial charge is 0.404 e. The summed E-state index contributed by atoms with van der Waals surface area (Å²) in [6.07, 6.45) is -4.97. The number of nitrogens with one attached hydrogen (secondary N) is 1. The topological polar surface area (TPSA) is 38.3 Å². The number of hydrogen-bond acceptors (Lipinski definition) is 2. The van der Waals surface area contributed by atoms with Gasteiger partial charge in [0.1, 0.15) is 17.2 Å². The van der Waals surface area contributed by atoms with Crippen LogP contribution in [0.2, 0.25) is 0 Å². The summed E-state index contributed by atoms with van der Waals surface area (Å²) in [4.78, 5) is 11.8. The van der Waals surface area contributed by atoms with Gasteiger partial charge in [-0.15, -0.1) is 13.2 Å². The Bertz CT molecular complexity index is 680. The second kappa shape index (κ2) is 6.00. The van der Waals surface area contributed by atoms with Crippen LogP contribution in [-0.2, 0) is 0 Å². The number of carbonyl (C=O) groups is 1. The predicted octanol–water partition coefficient (Wildman–Crippen LogP) is 4.12. The van der Waals surface area contributed by atoms with Gasteiger partial charge in [-0.05, 0) is 24.3 Å². The van der Waals surface area contributed by atoms with E-state index in [1.165, 1.54) is 12.1 Å². The van der Waals surface area contributed by atoms with Gasteiger partial charge < -0.3 is 10.1 Å². The Balaban J connectivity index is 2.30. The van der Waals surface area contributed by atoms with Crippen LogP contribution in [0.4, 0.5) is 27.6 Å². The molecule has 2 aromatic carbocycles. The molecule has 0 aliphatic carbocycles. The highest BCUT2D eigenvalue weighted by Gasteiger charge is 2.32. The van der Waals surface area contributed by atoms with Crippen LogP contribution in [0.25, 0.3) is 0 Å². The Labute approximate surface area is 121 Å². The number of carbonyl (C=O) groups excluding carboxylic acids is 1. The highest BCUT2D eigenvalue weighted by atomic mass is 19.4. The van der Waals surface area contributed by atoms with E-state index >= 15 is 0 Å². The molecule has 0 atom stereocenters. The molecule has 1 amide bonds. The van der Waals surface area contributed by atoms with Crippen molar-refractivity contribution in [1.82, 2.24) is 0 Å². The Morgan fingerprint density at radius 1 is 0.955 bits per heavy atom. The molecule has 0 aliphatic heterocycles. The number of halogens is 5. The molecule has 1 N–H and O–H groups in total. The molecule has 0 fully saturated rings. The summed E-state index contributed by atoms with van der Waals surface area (Å²) < 4.78 is 67.4. The molecule has 0 heterocycles. The van der Waals surface area contributed by atoms with Crippen molar-refractivity contribution in [1.29, 1.82) is 0 Å². The first-order valence-corrected chi connectivity index (χ1v) is 5.88. The largest absolute Gasteiger partial charge is 0.573 e. The van der Waals surface area contributed by atoms with Gasteiger partial charge in [0, 0.05) is 0 Å². The number of ether oxygens (including phenoxy) is 1. The zero-order valence-corrected chi connectivity index (χ0v) is 10.7. The van der Waals surface area contributed by atoms with Crippen LogP contribution < -0.4 is 10.1 Å². The van der Waals surface area contributed by atoms with E-state index in [-0.39, 0.29) is 5.69 Å². The first kappa shape index (κ1) is 15.7. The van der Waals surface area contributed by atoms with Gasteiger partial charge in [0.25, 0.3) is 5.91 Å². The fourth-order valence-electron chi connectivity index (χ4n) is 1.68. The van der Waals surface area contributed by atoms with Gasteiger partial charge in [0.2, 0.25) is 0 Å². The van der Waals surface area contributed by atoms with Gasteiger partial charge in [0.15, 0.2) is 5.75 Å². The second-order valence-corrected chi connectivity index (χ2v) is 4.09. The van der Waals surface area contributed by atoms with Gasteiger partial charge in [0.05, 0.1) is 5.69 Å². The summed E-state index contributed by atoms with van der Waals surface area (Å²) in [7, 11) is 0. The number of para-hydroxylation sites is 2.